The molecular weight excluding hydrogens is 416 g/mol. The number of hydrogen-bond acceptors (Lipinski definition) is 9. The molecule has 0 amide bonds. The van der Waals surface area contributed by atoms with Gasteiger partial charge in [0.25, 0.3) is 0 Å². The zero-order chi connectivity index (χ0) is 20.3. The van der Waals surface area contributed by atoms with E-state index in [1.165, 1.54) is 10.6 Å². The molecule has 8 nitrogen and oxygen atoms in total. The molecule has 0 unspecified atom stereocenters. The van der Waals surface area contributed by atoms with Crippen molar-refractivity contribution < 1.29 is 0 Å². The maximum atomic E-state index is 4.74. The number of nitrogens with zero attached hydrogens (tertiary/aromatic N) is 6. The van der Waals surface area contributed by atoms with Gasteiger partial charge in [-0.25, -0.2) is 15.0 Å². The van der Waals surface area contributed by atoms with Crippen molar-refractivity contribution in [2.75, 3.05) is 36.4 Å². The molecule has 0 aliphatic carbocycles. The van der Waals surface area contributed by atoms with Crippen molar-refractivity contribution >= 4 is 39.5 Å². The van der Waals surface area contributed by atoms with Crippen LogP contribution in [0.15, 0.2) is 42.2 Å². The van der Waals surface area contributed by atoms with Crippen LogP contribution < -0.4 is 10.2 Å². The van der Waals surface area contributed by atoms with Crippen molar-refractivity contribution in [2.24, 2.45) is 0 Å². The molecule has 1 saturated heterocycles. The number of H-pyrrole nitrogens is 1. The van der Waals surface area contributed by atoms with Crippen molar-refractivity contribution in [2.45, 2.75) is 13.5 Å². The highest BCUT2D eigenvalue weighted by molar-refractivity contribution is 7.13. The normalized spacial score (nSPS) is 14.9. The summed E-state index contributed by atoms with van der Waals surface area (Å²) in [7, 11) is 0. The van der Waals surface area contributed by atoms with E-state index in [1.54, 1.807) is 35.3 Å². The predicted octanol–water partition coefficient (Wildman–Crippen LogP) is 3.76. The second kappa shape index (κ2) is 8.50. The summed E-state index contributed by atoms with van der Waals surface area (Å²) in [5.41, 5.74) is 3.13. The number of aromatic amines is 1. The minimum absolute atomic E-state index is 0.808. The Bertz CT molecular complexity index is 1080. The Hall–Kier alpha value is -2.82. The molecule has 0 spiro atoms. The molecule has 4 aromatic rings. The maximum Gasteiger partial charge on any atom is 0.188 e. The second-order valence-corrected chi connectivity index (χ2v) is 8.93. The second-order valence-electron chi connectivity index (χ2n) is 7.14. The van der Waals surface area contributed by atoms with Gasteiger partial charge in [-0.3, -0.25) is 4.90 Å². The number of aryl methyl sites for hydroxylation is 1. The first-order valence-corrected chi connectivity index (χ1v) is 11.5. The van der Waals surface area contributed by atoms with E-state index in [0.717, 1.165) is 60.9 Å². The summed E-state index contributed by atoms with van der Waals surface area (Å²) in [5.74, 6) is 1.68. The molecule has 5 heterocycles. The van der Waals surface area contributed by atoms with E-state index in [2.05, 4.69) is 53.5 Å². The third-order valence-electron chi connectivity index (χ3n) is 5.12. The van der Waals surface area contributed by atoms with Gasteiger partial charge in [-0.05, 0) is 36.7 Å². The molecule has 0 radical (unpaired) electrons. The first-order chi connectivity index (χ1) is 14.7. The zero-order valence-electron chi connectivity index (χ0n) is 16.6. The number of thiazole rings is 1. The number of rotatable bonds is 6. The van der Waals surface area contributed by atoms with Gasteiger partial charge in [-0.2, -0.15) is 4.37 Å². The van der Waals surface area contributed by atoms with Gasteiger partial charge in [0.05, 0.1) is 11.4 Å². The molecule has 1 fully saturated rings. The van der Waals surface area contributed by atoms with Gasteiger partial charge in [-0.15, -0.1) is 11.3 Å². The number of hydrogen-bond donors (Lipinski definition) is 2. The smallest absolute Gasteiger partial charge is 0.188 e. The van der Waals surface area contributed by atoms with Gasteiger partial charge in [0, 0.05) is 61.6 Å². The Morgan fingerprint density at radius 1 is 1.13 bits per heavy atom. The lowest BCUT2D eigenvalue weighted by Crippen LogP contribution is -2.46. The number of aromatic nitrogens is 5. The predicted molar refractivity (Wildman–Crippen MR) is 122 cm³/mol. The number of pyridine rings is 1. The van der Waals surface area contributed by atoms with Crippen LogP contribution >= 0.6 is 22.9 Å². The van der Waals surface area contributed by atoms with E-state index in [9.17, 15) is 0 Å². The molecule has 30 heavy (non-hydrogen) atoms. The maximum absolute atomic E-state index is 4.74. The molecule has 154 valence electrons. The fraction of sp³-hybridized carbons (Fsp3) is 0.300. The summed E-state index contributed by atoms with van der Waals surface area (Å²) in [6.45, 7) is 7.03. The van der Waals surface area contributed by atoms with Crippen molar-refractivity contribution in [3.63, 3.8) is 0 Å². The molecule has 0 atom stereocenters. The summed E-state index contributed by atoms with van der Waals surface area (Å²) < 4.78 is 4.50. The summed E-state index contributed by atoms with van der Waals surface area (Å²) in [5, 5.41) is 6.09. The van der Waals surface area contributed by atoms with Crippen LogP contribution in [0.5, 0.6) is 0 Å². The fourth-order valence-electron chi connectivity index (χ4n) is 3.63. The highest BCUT2D eigenvalue weighted by Gasteiger charge is 2.20. The Balaban J connectivity index is 1.17. The first kappa shape index (κ1) is 19.2. The number of piperazine rings is 1. The zero-order valence-corrected chi connectivity index (χ0v) is 18.2. The average Bonchev–Trinajstić information content (AvgIpc) is 3.53. The van der Waals surface area contributed by atoms with Gasteiger partial charge in [0.15, 0.2) is 11.0 Å². The van der Waals surface area contributed by atoms with E-state index in [1.807, 2.05) is 17.6 Å². The summed E-state index contributed by atoms with van der Waals surface area (Å²) in [6, 6.07) is 6.33. The average molecular weight is 439 g/mol. The Morgan fingerprint density at radius 2 is 2.03 bits per heavy atom. The van der Waals surface area contributed by atoms with Crippen LogP contribution in [0, 0.1) is 6.92 Å². The van der Waals surface area contributed by atoms with E-state index >= 15 is 0 Å². The number of nitrogens with one attached hydrogen (secondary N) is 2. The van der Waals surface area contributed by atoms with Crippen LogP contribution in [0.2, 0.25) is 0 Å². The van der Waals surface area contributed by atoms with E-state index in [0.29, 0.717) is 0 Å². The minimum Gasteiger partial charge on any atom is -0.368 e. The molecule has 10 heteroatoms. The fourth-order valence-corrected chi connectivity index (χ4v) is 4.89. The third-order valence-corrected chi connectivity index (χ3v) is 6.58. The summed E-state index contributed by atoms with van der Waals surface area (Å²) in [4.78, 5) is 22.6. The van der Waals surface area contributed by atoms with Gasteiger partial charge in [0.1, 0.15) is 11.5 Å². The lowest BCUT2D eigenvalue weighted by atomic mass is 10.2. The van der Waals surface area contributed by atoms with Crippen LogP contribution in [0.25, 0.3) is 11.5 Å². The van der Waals surface area contributed by atoms with Crippen molar-refractivity contribution in [3.05, 3.63) is 52.7 Å². The van der Waals surface area contributed by atoms with E-state index in [-0.39, 0.29) is 0 Å². The molecule has 5 rings (SSSR count). The Labute approximate surface area is 182 Å². The van der Waals surface area contributed by atoms with Crippen molar-refractivity contribution in [1.29, 1.82) is 0 Å². The van der Waals surface area contributed by atoms with Gasteiger partial charge < -0.3 is 15.2 Å². The summed E-state index contributed by atoms with van der Waals surface area (Å²) >= 11 is 3.13. The lowest BCUT2D eigenvalue weighted by molar-refractivity contribution is 0.252. The molecule has 0 aromatic carbocycles. The lowest BCUT2D eigenvalue weighted by Gasteiger charge is -2.36. The van der Waals surface area contributed by atoms with E-state index in [4.69, 9.17) is 4.98 Å². The third kappa shape index (κ3) is 4.20. The van der Waals surface area contributed by atoms with Crippen LogP contribution in [-0.2, 0) is 6.54 Å². The van der Waals surface area contributed by atoms with E-state index < -0.39 is 0 Å². The first-order valence-electron chi connectivity index (χ1n) is 9.81. The van der Waals surface area contributed by atoms with Crippen LogP contribution in [0.3, 0.4) is 0 Å². The molecule has 1 aliphatic rings. The molecule has 4 aromatic heterocycles. The van der Waals surface area contributed by atoms with Crippen molar-refractivity contribution in [1.82, 2.24) is 29.2 Å². The quantitative estimate of drug-likeness (QED) is 0.474. The van der Waals surface area contributed by atoms with Gasteiger partial charge >= 0.3 is 0 Å². The molecule has 2 N–H and O–H groups in total. The molecule has 0 saturated carbocycles. The monoisotopic (exact) mass is 438 g/mol. The highest BCUT2D eigenvalue weighted by Crippen LogP contribution is 2.25. The molecule has 0 bridgehead atoms. The highest BCUT2D eigenvalue weighted by atomic mass is 32.1. The largest absolute Gasteiger partial charge is 0.368 e. The van der Waals surface area contributed by atoms with Gasteiger partial charge in [-0.1, -0.05) is 0 Å². The summed E-state index contributed by atoms with van der Waals surface area (Å²) in [6.07, 6.45) is 5.36. The van der Waals surface area contributed by atoms with Crippen molar-refractivity contribution in [3.8, 4) is 11.5 Å². The Morgan fingerprint density at radius 3 is 2.77 bits per heavy atom. The SMILES string of the molecule is Cc1nc(-c2ncc[nH]2)ccc1N1CCN(Cc2cc(Nc3nccs3)ns2)CC1. The topological polar surface area (TPSA) is 85.9 Å². The standard InChI is InChI=1S/C20H22N8S2/c1-14-17(3-2-16(24-14)19-21-4-5-22-19)28-9-7-27(8-10-28)13-15-12-18(26-30-15)25-20-23-6-11-29-20/h2-6,11-12H,7-10,13H2,1H3,(H,21,22)(H,23,25,26). The number of anilines is 3. The molecule has 1 aliphatic heterocycles. The minimum atomic E-state index is 0.808. The Kier molecular flexibility index (Phi) is 5.43. The number of imidazole rings is 1. The van der Waals surface area contributed by atoms with Crippen LogP contribution in [0.1, 0.15) is 10.6 Å². The van der Waals surface area contributed by atoms with Gasteiger partial charge in [0.2, 0.25) is 0 Å². The van der Waals surface area contributed by atoms with Crippen LogP contribution in [-0.4, -0.2) is 55.4 Å². The van der Waals surface area contributed by atoms with Crippen LogP contribution in [0.4, 0.5) is 16.6 Å². The molecular formula is C20H22N8S2.